The lowest BCUT2D eigenvalue weighted by Crippen LogP contribution is -2.05. The van der Waals surface area contributed by atoms with E-state index in [4.69, 9.17) is 4.74 Å². The van der Waals surface area contributed by atoms with Crippen LogP contribution in [0.1, 0.15) is 6.92 Å². The van der Waals surface area contributed by atoms with Crippen LogP contribution >= 0.6 is 15.9 Å². The molecule has 0 fully saturated rings. The standard InChI is InChI=1S/C21H19BrN6O/c1-13(11-28(2)3)29-18-9-15(22)8-17-19(18)21(26-12-25-17)27-16-7-14-5-4-6-23-20(14)24-10-16/h4-12H,1-3H3,(H,25,26,27)/b13-11+. The normalized spacial score (nSPS) is 11.7. The molecule has 0 saturated heterocycles. The van der Waals surface area contributed by atoms with Gasteiger partial charge in [0.25, 0.3) is 0 Å². The van der Waals surface area contributed by atoms with Crippen molar-refractivity contribution < 1.29 is 4.74 Å². The molecule has 1 aromatic carbocycles. The minimum atomic E-state index is 0.639. The van der Waals surface area contributed by atoms with Gasteiger partial charge < -0.3 is 15.0 Å². The highest BCUT2D eigenvalue weighted by atomic mass is 79.9. The van der Waals surface area contributed by atoms with Crippen LogP contribution in [0, 0.1) is 0 Å². The molecule has 3 aromatic heterocycles. The molecule has 0 spiro atoms. The maximum Gasteiger partial charge on any atom is 0.159 e. The van der Waals surface area contributed by atoms with Gasteiger partial charge in [0, 0.05) is 36.4 Å². The van der Waals surface area contributed by atoms with E-state index in [9.17, 15) is 0 Å². The summed E-state index contributed by atoms with van der Waals surface area (Å²) in [5.74, 6) is 2.05. The van der Waals surface area contributed by atoms with Gasteiger partial charge in [0.2, 0.25) is 0 Å². The number of anilines is 2. The number of ether oxygens (including phenoxy) is 1. The molecule has 0 aliphatic carbocycles. The Kier molecular flexibility index (Phi) is 5.26. The summed E-state index contributed by atoms with van der Waals surface area (Å²) in [6, 6.07) is 9.69. The Morgan fingerprint density at radius 1 is 1.14 bits per heavy atom. The second-order valence-corrected chi connectivity index (χ2v) is 7.64. The molecule has 0 unspecified atom stereocenters. The Morgan fingerprint density at radius 2 is 2.00 bits per heavy atom. The smallest absolute Gasteiger partial charge is 0.159 e. The van der Waals surface area contributed by atoms with E-state index in [1.54, 1.807) is 12.4 Å². The van der Waals surface area contributed by atoms with Gasteiger partial charge in [0.05, 0.1) is 22.8 Å². The van der Waals surface area contributed by atoms with Crippen molar-refractivity contribution in [2.24, 2.45) is 0 Å². The zero-order valence-corrected chi connectivity index (χ0v) is 17.8. The first kappa shape index (κ1) is 19.1. The Labute approximate surface area is 176 Å². The predicted molar refractivity (Wildman–Crippen MR) is 118 cm³/mol. The summed E-state index contributed by atoms with van der Waals surface area (Å²) in [7, 11) is 3.90. The van der Waals surface area contributed by atoms with Crippen molar-refractivity contribution in [1.82, 2.24) is 24.8 Å². The highest BCUT2D eigenvalue weighted by Gasteiger charge is 2.13. The van der Waals surface area contributed by atoms with Gasteiger partial charge in [0.15, 0.2) is 5.65 Å². The first-order chi connectivity index (χ1) is 14.0. The molecule has 4 aromatic rings. The molecule has 3 heterocycles. The maximum absolute atomic E-state index is 6.11. The van der Waals surface area contributed by atoms with E-state index in [1.807, 2.05) is 62.5 Å². The lowest BCUT2D eigenvalue weighted by atomic mass is 10.2. The molecular formula is C21H19BrN6O. The molecule has 146 valence electrons. The second kappa shape index (κ2) is 8.00. The average Bonchev–Trinajstić information content (AvgIpc) is 2.67. The number of aromatic nitrogens is 4. The number of benzene rings is 1. The Morgan fingerprint density at radius 3 is 2.83 bits per heavy atom. The van der Waals surface area contributed by atoms with Crippen LogP contribution < -0.4 is 10.1 Å². The van der Waals surface area contributed by atoms with Crippen molar-refractivity contribution in [2.75, 3.05) is 19.4 Å². The third kappa shape index (κ3) is 4.27. The number of halogens is 1. The quantitative estimate of drug-likeness (QED) is 0.434. The molecule has 0 bridgehead atoms. The number of nitrogens with zero attached hydrogens (tertiary/aromatic N) is 5. The SMILES string of the molecule is C/C(=C\N(C)C)Oc1cc(Br)cc2ncnc(Nc3cnc4ncccc4c3)c12. The maximum atomic E-state index is 6.11. The van der Waals surface area contributed by atoms with Crippen LogP contribution in [0.4, 0.5) is 11.5 Å². The van der Waals surface area contributed by atoms with Crippen LogP contribution in [0.15, 0.2) is 65.5 Å². The number of hydrogen-bond acceptors (Lipinski definition) is 7. The number of nitrogens with one attached hydrogen (secondary N) is 1. The molecule has 29 heavy (non-hydrogen) atoms. The molecular weight excluding hydrogens is 432 g/mol. The first-order valence-electron chi connectivity index (χ1n) is 8.94. The summed E-state index contributed by atoms with van der Waals surface area (Å²) < 4.78 is 6.99. The van der Waals surface area contributed by atoms with Crippen LogP contribution in [0.3, 0.4) is 0 Å². The van der Waals surface area contributed by atoms with E-state index in [0.717, 1.165) is 32.2 Å². The Balaban J connectivity index is 1.79. The predicted octanol–water partition coefficient (Wildman–Crippen LogP) is 4.88. The molecule has 0 amide bonds. The van der Waals surface area contributed by atoms with Gasteiger partial charge in [-0.1, -0.05) is 15.9 Å². The average molecular weight is 451 g/mol. The highest BCUT2D eigenvalue weighted by molar-refractivity contribution is 9.10. The summed E-state index contributed by atoms with van der Waals surface area (Å²) in [6.45, 7) is 1.91. The van der Waals surface area contributed by atoms with E-state index in [0.29, 0.717) is 17.2 Å². The number of pyridine rings is 2. The van der Waals surface area contributed by atoms with Gasteiger partial charge in [0.1, 0.15) is 23.7 Å². The first-order valence-corrected chi connectivity index (χ1v) is 9.73. The van der Waals surface area contributed by atoms with E-state index in [2.05, 4.69) is 41.2 Å². The van der Waals surface area contributed by atoms with Gasteiger partial charge in [-0.3, -0.25) is 0 Å². The molecule has 8 heteroatoms. The van der Waals surface area contributed by atoms with Crippen molar-refractivity contribution in [3.05, 3.63) is 65.5 Å². The molecule has 1 N–H and O–H groups in total. The number of hydrogen-bond donors (Lipinski definition) is 1. The van der Waals surface area contributed by atoms with E-state index in [-0.39, 0.29) is 0 Å². The van der Waals surface area contributed by atoms with Gasteiger partial charge in [-0.25, -0.2) is 19.9 Å². The van der Waals surface area contributed by atoms with Crippen LogP contribution in [-0.4, -0.2) is 38.9 Å². The third-order valence-electron chi connectivity index (χ3n) is 4.09. The largest absolute Gasteiger partial charge is 0.460 e. The minimum Gasteiger partial charge on any atom is -0.460 e. The van der Waals surface area contributed by atoms with E-state index < -0.39 is 0 Å². The van der Waals surface area contributed by atoms with E-state index >= 15 is 0 Å². The lowest BCUT2D eigenvalue weighted by molar-refractivity contribution is 0.408. The summed E-state index contributed by atoms with van der Waals surface area (Å²) in [5, 5.41) is 5.08. The molecule has 0 radical (unpaired) electrons. The fourth-order valence-electron chi connectivity index (χ4n) is 3.03. The fraction of sp³-hybridized carbons (Fsp3) is 0.143. The van der Waals surface area contributed by atoms with Crippen LogP contribution in [0.5, 0.6) is 5.75 Å². The lowest BCUT2D eigenvalue weighted by Gasteiger charge is -2.15. The molecule has 0 aliphatic heterocycles. The highest BCUT2D eigenvalue weighted by Crippen LogP contribution is 2.35. The minimum absolute atomic E-state index is 0.639. The van der Waals surface area contributed by atoms with Crippen molar-refractivity contribution in [3.8, 4) is 5.75 Å². The molecule has 0 aliphatic rings. The summed E-state index contributed by atoms with van der Waals surface area (Å²) in [6.07, 6.45) is 6.90. The van der Waals surface area contributed by atoms with Crippen LogP contribution in [0.25, 0.3) is 21.9 Å². The van der Waals surface area contributed by atoms with Crippen LogP contribution in [-0.2, 0) is 0 Å². The molecule has 0 saturated carbocycles. The number of allylic oxidation sites excluding steroid dienone is 1. The van der Waals surface area contributed by atoms with Gasteiger partial charge >= 0.3 is 0 Å². The van der Waals surface area contributed by atoms with Crippen molar-refractivity contribution in [1.29, 1.82) is 0 Å². The number of fused-ring (bicyclic) bond motifs is 2. The van der Waals surface area contributed by atoms with Crippen molar-refractivity contribution in [2.45, 2.75) is 6.92 Å². The monoisotopic (exact) mass is 450 g/mol. The van der Waals surface area contributed by atoms with Crippen molar-refractivity contribution >= 4 is 49.4 Å². The van der Waals surface area contributed by atoms with Gasteiger partial charge in [-0.05, 0) is 37.3 Å². The number of rotatable bonds is 5. The molecule has 0 atom stereocenters. The Hall–Kier alpha value is -3.26. The summed E-state index contributed by atoms with van der Waals surface area (Å²) >= 11 is 3.53. The second-order valence-electron chi connectivity index (χ2n) is 6.72. The zero-order chi connectivity index (χ0) is 20.4. The summed E-state index contributed by atoms with van der Waals surface area (Å²) in [5.41, 5.74) is 2.27. The third-order valence-corrected chi connectivity index (χ3v) is 4.55. The zero-order valence-electron chi connectivity index (χ0n) is 16.2. The fourth-order valence-corrected chi connectivity index (χ4v) is 3.46. The Bertz CT molecular complexity index is 1220. The van der Waals surface area contributed by atoms with Gasteiger partial charge in [-0.15, -0.1) is 0 Å². The van der Waals surface area contributed by atoms with Crippen LogP contribution in [0.2, 0.25) is 0 Å². The summed E-state index contributed by atoms with van der Waals surface area (Å²) in [4.78, 5) is 19.5. The molecule has 4 rings (SSSR count). The van der Waals surface area contributed by atoms with Gasteiger partial charge in [-0.2, -0.15) is 0 Å². The molecule has 7 nitrogen and oxygen atoms in total. The topological polar surface area (TPSA) is 76.1 Å². The van der Waals surface area contributed by atoms with E-state index in [1.165, 1.54) is 6.33 Å². The van der Waals surface area contributed by atoms with Crippen molar-refractivity contribution in [3.63, 3.8) is 0 Å².